The third kappa shape index (κ3) is 4.80. The molecule has 2 aromatic carbocycles. The van der Waals surface area contributed by atoms with Crippen molar-refractivity contribution in [3.05, 3.63) is 60.2 Å². The summed E-state index contributed by atoms with van der Waals surface area (Å²) in [6.45, 7) is 3.19. The van der Waals surface area contributed by atoms with Crippen LogP contribution in [0, 0.1) is 0 Å². The van der Waals surface area contributed by atoms with Crippen LogP contribution < -0.4 is 10.1 Å². The number of methoxy groups -OCH3 is 1. The SMILES string of the molecule is CCC(NCCSc1ccccc1)c1ccccc1OC. The normalized spacial score (nSPS) is 12.1. The zero-order chi connectivity index (χ0) is 14.9. The van der Waals surface area contributed by atoms with E-state index in [0.717, 1.165) is 24.5 Å². The Balaban J connectivity index is 1.85. The van der Waals surface area contributed by atoms with Gasteiger partial charge in [0.2, 0.25) is 0 Å². The van der Waals surface area contributed by atoms with Crippen molar-refractivity contribution in [1.82, 2.24) is 5.32 Å². The smallest absolute Gasteiger partial charge is 0.123 e. The van der Waals surface area contributed by atoms with Gasteiger partial charge in [0.05, 0.1) is 7.11 Å². The van der Waals surface area contributed by atoms with Gasteiger partial charge in [-0.25, -0.2) is 0 Å². The largest absolute Gasteiger partial charge is 0.496 e. The summed E-state index contributed by atoms with van der Waals surface area (Å²) in [5, 5.41) is 3.63. The molecule has 1 atom stereocenters. The Kier molecular flexibility index (Phi) is 6.64. The molecular weight excluding hydrogens is 278 g/mol. The number of benzene rings is 2. The molecule has 0 spiro atoms. The fraction of sp³-hybridized carbons (Fsp3) is 0.333. The van der Waals surface area contributed by atoms with Crippen LogP contribution in [0.3, 0.4) is 0 Å². The number of rotatable bonds is 8. The second-order valence-corrected chi connectivity index (χ2v) is 5.99. The van der Waals surface area contributed by atoms with E-state index in [1.165, 1.54) is 10.5 Å². The first kappa shape index (κ1) is 15.9. The molecule has 0 saturated carbocycles. The van der Waals surface area contributed by atoms with Crippen LogP contribution >= 0.6 is 11.8 Å². The molecule has 0 saturated heterocycles. The molecule has 3 heteroatoms. The molecule has 21 heavy (non-hydrogen) atoms. The number of ether oxygens (including phenoxy) is 1. The van der Waals surface area contributed by atoms with Crippen molar-refractivity contribution in [3.8, 4) is 5.75 Å². The Morgan fingerprint density at radius 2 is 1.76 bits per heavy atom. The monoisotopic (exact) mass is 301 g/mol. The molecule has 112 valence electrons. The molecule has 0 bridgehead atoms. The van der Waals surface area contributed by atoms with E-state index in [9.17, 15) is 0 Å². The van der Waals surface area contributed by atoms with Gasteiger partial charge in [-0.05, 0) is 24.6 Å². The number of nitrogens with one attached hydrogen (secondary N) is 1. The second-order valence-electron chi connectivity index (χ2n) is 4.82. The highest BCUT2D eigenvalue weighted by molar-refractivity contribution is 7.99. The van der Waals surface area contributed by atoms with Crippen molar-refractivity contribution in [2.24, 2.45) is 0 Å². The summed E-state index contributed by atoms with van der Waals surface area (Å²) in [4.78, 5) is 1.32. The number of thioether (sulfide) groups is 1. The molecule has 0 radical (unpaired) electrons. The maximum Gasteiger partial charge on any atom is 0.123 e. The lowest BCUT2D eigenvalue weighted by molar-refractivity contribution is 0.398. The summed E-state index contributed by atoms with van der Waals surface area (Å²) in [6.07, 6.45) is 1.05. The Morgan fingerprint density at radius 3 is 2.48 bits per heavy atom. The lowest BCUT2D eigenvalue weighted by atomic mass is 10.0. The van der Waals surface area contributed by atoms with Gasteiger partial charge in [-0.3, -0.25) is 0 Å². The van der Waals surface area contributed by atoms with Crippen LogP contribution in [0.25, 0.3) is 0 Å². The first-order chi connectivity index (χ1) is 10.3. The molecule has 2 aromatic rings. The minimum absolute atomic E-state index is 0.345. The number of hydrogen-bond acceptors (Lipinski definition) is 3. The fourth-order valence-electron chi connectivity index (χ4n) is 2.35. The van der Waals surface area contributed by atoms with Crippen LogP contribution in [0.2, 0.25) is 0 Å². The van der Waals surface area contributed by atoms with Crippen LogP contribution in [0.1, 0.15) is 24.9 Å². The van der Waals surface area contributed by atoms with E-state index in [4.69, 9.17) is 4.74 Å². The average Bonchev–Trinajstić information content (AvgIpc) is 2.56. The van der Waals surface area contributed by atoms with Gasteiger partial charge >= 0.3 is 0 Å². The maximum atomic E-state index is 5.46. The quantitative estimate of drug-likeness (QED) is 0.572. The standard InChI is InChI=1S/C18H23NOS/c1-3-17(16-11-7-8-12-18(16)20-2)19-13-14-21-15-9-5-4-6-10-15/h4-12,17,19H,3,13-14H2,1-2H3. The molecular formula is C18H23NOS. The summed E-state index contributed by atoms with van der Waals surface area (Å²) in [5.74, 6) is 2.03. The predicted octanol–water partition coefficient (Wildman–Crippen LogP) is 4.53. The summed E-state index contributed by atoms with van der Waals surface area (Å²) < 4.78 is 5.46. The van der Waals surface area contributed by atoms with Crippen molar-refractivity contribution in [1.29, 1.82) is 0 Å². The summed E-state index contributed by atoms with van der Waals surface area (Å²) in [6, 6.07) is 19.1. The fourth-order valence-corrected chi connectivity index (χ4v) is 3.15. The van der Waals surface area contributed by atoms with Crippen molar-refractivity contribution < 1.29 is 4.74 Å². The lowest BCUT2D eigenvalue weighted by Gasteiger charge is -2.19. The van der Waals surface area contributed by atoms with Crippen molar-refractivity contribution >= 4 is 11.8 Å². The Bertz CT molecular complexity index is 530. The highest BCUT2D eigenvalue weighted by Gasteiger charge is 2.12. The van der Waals surface area contributed by atoms with Gasteiger partial charge in [0.15, 0.2) is 0 Å². The van der Waals surface area contributed by atoms with Crippen molar-refractivity contribution in [2.45, 2.75) is 24.3 Å². The van der Waals surface area contributed by atoms with E-state index < -0.39 is 0 Å². The molecule has 0 fully saturated rings. The van der Waals surface area contributed by atoms with E-state index in [2.05, 4.69) is 54.7 Å². The van der Waals surface area contributed by atoms with E-state index in [1.807, 2.05) is 23.9 Å². The first-order valence-corrected chi connectivity index (χ1v) is 8.38. The Hall–Kier alpha value is -1.45. The molecule has 2 rings (SSSR count). The number of para-hydroxylation sites is 1. The lowest BCUT2D eigenvalue weighted by Crippen LogP contribution is -2.23. The van der Waals surface area contributed by atoms with Crippen LogP contribution in [0.5, 0.6) is 5.75 Å². The van der Waals surface area contributed by atoms with E-state index in [-0.39, 0.29) is 0 Å². The summed E-state index contributed by atoms with van der Waals surface area (Å²) >= 11 is 1.88. The van der Waals surface area contributed by atoms with E-state index in [1.54, 1.807) is 7.11 Å². The van der Waals surface area contributed by atoms with E-state index >= 15 is 0 Å². The molecule has 0 aliphatic carbocycles. The van der Waals surface area contributed by atoms with Gasteiger partial charge < -0.3 is 10.1 Å². The van der Waals surface area contributed by atoms with E-state index in [0.29, 0.717) is 6.04 Å². The first-order valence-electron chi connectivity index (χ1n) is 7.39. The van der Waals surface area contributed by atoms with Gasteiger partial charge in [0.25, 0.3) is 0 Å². The minimum atomic E-state index is 0.345. The molecule has 0 aliphatic rings. The molecule has 0 heterocycles. The van der Waals surface area contributed by atoms with Crippen LogP contribution in [-0.4, -0.2) is 19.4 Å². The van der Waals surface area contributed by atoms with Crippen LogP contribution in [0.4, 0.5) is 0 Å². The summed E-state index contributed by atoms with van der Waals surface area (Å²) in [5.41, 5.74) is 1.24. The molecule has 0 aliphatic heterocycles. The van der Waals surface area contributed by atoms with Gasteiger partial charge in [-0.15, -0.1) is 11.8 Å². The molecule has 0 amide bonds. The Morgan fingerprint density at radius 1 is 1.05 bits per heavy atom. The van der Waals surface area contributed by atoms with Crippen LogP contribution in [-0.2, 0) is 0 Å². The highest BCUT2D eigenvalue weighted by atomic mass is 32.2. The van der Waals surface area contributed by atoms with Crippen molar-refractivity contribution in [3.63, 3.8) is 0 Å². The third-order valence-corrected chi connectivity index (χ3v) is 4.44. The van der Waals surface area contributed by atoms with Gasteiger partial charge in [-0.1, -0.05) is 43.3 Å². The topological polar surface area (TPSA) is 21.3 Å². The average molecular weight is 301 g/mol. The molecule has 0 aromatic heterocycles. The minimum Gasteiger partial charge on any atom is -0.496 e. The molecule has 1 unspecified atom stereocenters. The highest BCUT2D eigenvalue weighted by Crippen LogP contribution is 2.26. The maximum absolute atomic E-state index is 5.46. The zero-order valence-electron chi connectivity index (χ0n) is 12.7. The molecule has 1 N–H and O–H groups in total. The van der Waals surface area contributed by atoms with Gasteiger partial charge in [-0.2, -0.15) is 0 Å². The summed E-state index contributed by atoms with van der Waals surface area (Å²) in [7, 11) is 1.73. The zero-order valence-corrected chi connectivity index (χ0v) is 13.5. The number of hydrogen-bond donors (Lipinski definition) is 1. The van der Waals surface area contributed by atoms with Gasteiger partial charge in [0, 0.05) is 28.8 Å². The molecule has 2 nitrogen and oxygen atoms in total. The van der Waals surface area contributed by atoms with Crippen molar-refractivity contribution in [2.75, 3.05) is 19.4 Å². The van der Waals surface area contributed by atoms with Gasteiger partial charge in [0.1, 0.15) is 5.75 Å². The van der Waals surface area contributed by atoms with Crippen LogP contribution in [0.15, 0.2) is 59.5 Å². The second kappa shape index (κ2) is 8.75. The third-order valence-electron chi connectivity index (χ3n) is 3.43. The Labute approximate surface area is 131 Å². The predicted molar refractivity (Wildman–Crippen MR) is 91.2 cm³/mol.